The molecule has 0 unspecified atom stereocenters. The van der Waals surface area contributed by atoms with Crippen LogP contribution < -0.4 is 5.32 Å². The van der Waals surface area contributed by atoms with Crippen LogP contribution in [0.3, 0.4) is 0 Å². The van der Waals surface area contributed by atoms with E-state index in [-0.39, 0.29) is 5.91 Å². The molecule has 2 aromatic carbocycles. The third-order valence-electron chi connectivity index (χ3n) is 3.05. The summed E-state index contributed by atoms with van der Waals surface area (Å²) in [4.78, 5) is 12.1. The van der Waals surface area contributed by atoms with E-state index < -0.39 is 0 Å². The van der Waals surface area contributed by atoms with Crippen LogP contribution in [-0.2, 0) is 0 Å². The Kier molecular flexibility index (Phi) is 4.18. The topological polar surface area (TPSA) is 54.9 Å². The highest BCUT2D eigenvalue weighted by molar-refractivity contribution is 7.18. The second-order valence-corrected chi connectivity index (χ2v) is 6.15. The number of carbonyl (C=O) groups is 1. The van der Waals surface area contributed by atoms with Crippen molar-refractivity contribution in [1.29, 1.82) is 0 Å². The number of carbonyl (C=O) groups excluding carboxylic acids is 1. The highest BCUT2D eigenvalue weighted by Gasteiger charge is 2.11. The fraction of sp³-hybridized carbons (Fsp3) is 0.0625. The van der Waals surface area contributed by atoms with Gasteiger partial charge in [0.25, 0.3) is 5.91 Å². The van der Waals surface area contributed by atoms with E-state index in [1.165, 1.54) is 11.3 Å². The number of nitrogens with one attached hydrogen (secondary N) is 1. The van der Waals surface area contributed by atoms with Gasteiger partial charge in [0.2, 0.25) is 5.13 Å². The van der Waals surface area contributed by atoms with Crippen LogP contribution >= 0.6 is 22.9 Å². The molecule has 0 aliphatic heterocycles. The monoisotopic (exact) mass is 329 g/mol. The molecule has 110 valence electrons. The Morgan fingerprint density at radius 1 is 1.05 bits per heavy atom. The van der Waals surface area contributed by atoms with Crippen molar-refractivity contribution < 1.29 is 4.79 Å². The molecule has 0 atom stereocenters. The predicted octanol–water partition coefficient (Wildman–Crippen LogP) is 4.42. The van der Waals surface area contributed by atoms with Gasteiger partial charge in [0.05, 0.1) is 0 Å². The number of nitrogens with zero attached hydrogens (tertiary/aromatic N) is 2. The first-order valence-electron chi connectivity index (χ1n) is 6.59. The summed E-state index contributed by atoms with van der Waals surface area (Å²) >= 11 is 7.18. The third-order valence-corrected chi connectivity index (χ3v) is 4.19. The Bertz CT molecular complexity index is 797. The van der Waals surface area contributed by atoms with Gasteiger partial charge in [-0.1, -0.05) is 52.8 Å². The van der Waals surface area contributed by atoms with Crippen molar-refractivity contribution in [2.75, 3.05) is 5.32 Å². The number of rotatable bonds is 3. The molecule has 0 bridgehead atoms. The third kappa shape index (κ3) is 3.32. The van der Waals surface area contributed by atoms with Crippen molar-refractivity contribution in [3.05, 3.63) is 64.7 Å². The van der Waals surface area contributed by atoms with E-state index in [4.69, 9.17) is 11.6 Å². The molecule has 0 aliphatic carbocycles. The summed E-state index contributed by atoms with van der Waals surface area (Å²) in [5.41, 5.74) is 2.61. The van der Waals surface area contributed by atoms with Gasteiger partial charge in [0, 0.05) is 16.1 Å². The SMILES string of the molecule is Cc1ccc(C(=O)Nc2nnc(-c3ccc(Cl)cc3)s2)cc1. The van der Waals surface area contributed by atoms with E-state index in [9.17, 15) is 4.79 Å². The van der Waals surface area contributed by atoms with Crippen molar-refractivity contribution in [2.24, 2.45) is 0 Å². The average molecular weight is 330 g/mol. The maximum Gasteiger partial charge on any atom is 0.257 e. The predicted molar refractivity (Wildman–Crippen MR) is 89.5 cm³/mol. The van der Waals surface area contributed by atoms with E-state index in [0.717, 1.165) is 16.1 Å². The first kappa shape index (κ1) is 14.7. The number of hydrogen-bond acceptors (Lipinski definition) is 4. The van der Waals surface area contributed by atoms with Crippen molar-refractivity contribution >= 4 is 34.0 Å². The molecule has 0 saturated heterocycles. The summed E-state index contributed by atoms with van der Waals surface area (Å²) in [5.74, 6) is -0.196. The Balaban J connectivity index is 1.75. The minimum absolute atomic E-state index is 0.196. The van der Waals surface area contributed by atoms with Gasteiger partial charge in [-0.2, -0.15) is 0 Å². The molecule has 0 spiro atoms. The molecule has 1 amide bonds. The summed E-state index contributed by atoms with van der Waals surface area (Å²) in [6.45, 7) is 1.98. The molecule has 0 aliphatic rings. The number of hydrogen-bond donors (Lipinski definition) is 1. The maximum atomic E-state index is 12.1. The van der Waals surface area contributed by atoms with Crippen LogP contribution in [0.25, 0.3) is 10.6 Å². The van der Waals surface area contributed by atoms with Crippen molar-refractivity contribution in [2.45, 2.75) is 6.92 Å². The molecule has 0 saturated carbocycles. The van der Waals surface area contributed by atoms with E-state index in [1.54, 1.807) is 24.3 Å². The molecule has 1 N–H and O–H groups in total. The highest BCUT2D eigenvalue weighted by Crippen LogP contribution is 2.27. The number of halogens is 1. The van der Waals surface area contributed by atoms with Gasteiger partial charge < -0.3 is 0 Å². The normalized spacial score (nSPS) is 10.5. The van der Waals surface area contributed by atoms with Gasteiger partial charge in [-0.05, 0) is 31.2 Å². The average Bonchev–Trinajstić information content (AvgIpc) is 2.97. The molecule has 4 nitrogen and oxygen atoms in total. The smallest absolute Gasteiger partial charge is 0.257 e. The molecular formula is C16H12ClN3OS. The zero-order valence-electron chi connectivity index (χ0n) is 11.7. The van der Waals surface area contributed by atoms with Gasteiger partial charge in [-0.3, -0.25) is 10.1 Å². The number of aromatic nitrogens is 2. The van der Waals surface area contributed by atoms with Crippen molar-refractivity contribution in [3.8, 4) is 10.6 Å². The summed E-state index contributed by atoms with van der Waals surface area (Å²) in [5, 5.41) is 12.7. The lowest BCUT2D eigenvalue weighted by Crippen LogP contribution is -2.11. The Labute approximate surface area is 136 Å². The number of anilines is 1. The van der Waals surface area contributed by atoms with Crippen molar-refractivity contribution in [1.82, 2.24) is 10.2 Å². The van der Waals surface area contributed by atoms with E-state index in [2.05, 4.69) is 15.5 Å². The molecule has 3 rings (SSSR count). The second-order valence-electron chi connectivity index (χ2n) is 4.74. The first-order chi connectivity index (χ1) is 10.6. The van der Waals surface area contributed by atoms with E-state index >= 15 is 0 Å². The summed E-state index contributed by atoms with van der Waals surface area (Å²) in [6.07, 6.45) is 0. The molecule has 1 aromatic heterocycles. The summed E-state index contributed by atoms with van der Waals surface area (Å²) in [7, 11) is 0. The van der Waals surface area contributed by atoms with Crippen LogP contribution in [0, 0.1) is 6.92 Å². The Hall–Kier alpha value is -2.24. The molecule has 3 aromatic rings. The highest BCUT2D eigenvalue weighted by atomic mass is 35.5. The van der Waals surface area contributed by atoms with Gasteiger partial charge in [-0.25, -0.2) is 0 Å². The second kappa shape index (κ2) is 6.25. The fourth-order valence-electron chi connectivity index (χ4n) is 1.86. The number of benzene rings is 2. The Morgan fingerprint density at radius 3 is 2.41 bits per heavy atom. The summed E-state index contributed by atoms with van der Waals surface area (Å²) < 4.78 is 0. The lowest BCUT2D eigenvalue weighted by Gasteiger charge is -2.01. The van der Waals surface area contributed by atoms with Gasteiger partial charge in [-0.15, -0.1) is 10.2 Å². The molecular weight excluding hydrogens is 318 g/mol. The summed E-state index contributed by atoms with van der Waals surface area (Å²) in [6, 6.07) is 14.7. The Morgan fingerprint density at radius 2 is 1.73 bits per heavy atom. The van der Waals surface area contributed by atoms with Crippen LogP contribution in [0.4, 0.5) is 5.13 Å². The number of amides is 1. The van der Waals surface area contributed by atoms with Crippen LogP contribution in [0.1, 0.15) is 15.9 Å². The molecule has 6 heteroatoms. The lowest BCUT2D eigenvalue weighted by atomic mass is 10.1. The zero-order chi connectivity index (χ0) is 15.5. The van der Waals surface area contributed by atoms with E-state index in [1.807, 2.05) is 31.2 Å². The zero-order valence-corrected chi connectivity index (χ0v) is 13.3. The van der Waals surface area contributed by atoms with E-state index in [0.29, 0.717) is 15.7 Å². The maximum absolute atomic E-state index is 12.1. The quantitative estimate of drug-likeness (QED) is 0.774. The van der Waals surface area contributed by atoms with Crippen LogP contribution in [0.5, 0.6) is 0 Å². The fourth-order valence-corrected chi connectivity index (χ4v) is 2.73. The minimum atomic E-state index is -0.196. The van der Waals surface area contributed by atoms with Crippen LogP contribution in [-0.4, -0.2) is 16.1 Å². The van der Waals surface area contributed by atoms with Crippen LogP contribution in [0.15, 0.2) is 48.5 Å². The van der Waals surface area contributed by atoms with Gasteiger partial charge in [0.15, 0.2) is 0 Å². The lowest BCUT2D eigenvalue weighted by molar-refractivity contribution is 0.102. The van der Waals surface area contributed by atoms with Gasteiger partial charge >= 0.3 is 0 Å². The van der Waals surface area contributed by atoms with Crippen LogP contribution in [0.2, 0.25) is 5.02 Å². The molecule has 22 heavy (non-hydrogen) atoms. The molecule has 1 heterocycles. The molecule has 0 fully saturated rings. The number of aryl methyl sites for hydroxylation is 1. The standard InChI is InChI=1S/C16H12ClN3OS/c1-10-2-4-11(5-3-10)14(21)18-16-20-19-15(22-16)12-6-8-13(17)9-7-12/h2-9H,1H3,(H,18,20,21). The molecule has 0 radical (unpaired) electrons. The minimum Gasteiger partial charge on any atom is -0.296 e. The first-order valence-corrected chi connectivity index (χ1v) is 7.79. The van der Waals surface area contributed by atoms with Gasteiger partial charge in [0.1, 0.15) is 5.01 Å². The largest absolute Gasteiger partial charge is 0.296 e. The van der Waals surface area contributed by atoms with Crippen molar-refractivity contribution in [3.63, 3.8) is 0 Å².